The van der Waals surface area contributed by atoms with Gasteiger partial charge >= 0.3 is 6.09 Å². The predicted molar refractivity (Wildman–Crippen MR) is 112 cm³/mol. The highest BCUT2D eigenvalue weighted by Crippen LogP contribution is 2.14. The van der Waals surface area contributed by atoms with E-state index in [9.17, 15) is 14.4 Å². The van der Waals surface area contributed by atoms with Crippen LogP contribution in [-0.2, 0) is 27.3 Å². The van der Waals surface area contributed by atoms with Crippen molar-refractivity contribution in [1.29, 1.82) is 0 Å². The van der Waals surface area contributed by atoms with Crippen molar-refractivity contribution in [3.8, 4) is 0 Å². The fraction of sp³-hybridized carbons (Fsp3) is 0.400. The number of carbonyl (C=O) groups is 3. The summed E-state index contributed by atoms with van der Waals surface area (Å²) in [4.78, 5) is 41.8. The van der Waals surface area contributed by atoms with Crippen LogP contribution in [0.25, 0.3) is 0 Å². The number of thiazole rings is 1. The molecule has 0 spiro atoms. The summed E-state index contributed by atoms with van der Waals surface area (Å²) >= 11 is 1.41. The van der Waals surface area contributed by atoms with Crippen LogP contribution in [0.3, 0.4) is 0 Å². The lowest BCUT2D eigenvalue weighted by atomic mass is 10.2. The average Bonchev–Trinajstić information content (AvgIpc) is 3.09. The van der Waals surface area contributed by atoms with Gasteiger partial charge in [-0.2, -0.15) is 0 Å². The molecule has 0 aliphatic carbocycles. The molecule has 3 amide bonds. The summed E-state index contributed by atoms with van der Waals surface area (Å²) < 4.78 is 4.70. The summed E-state index contributed by atoms with van der Waals surface area (Å²) in [6, 6.07) is 7.60. The number of carbonyl (C=O) groups excluding carboxylic acids is 3. The van der Waals surface area contributed by atoms with Crippen molar-refractivity contribution in [3.63, 3.8) is 0 Å². The first-order chi connectivity index (χ1) is 13.9. The van der Waals surface area contributed by atoms with Gasteiger partial charge in [0.1, 0.15) is 5.01 Å². The van der Waals surface area contributed by atoms with Crippen molar-refractivity contribution in [2.45, 2.75) is 33.7 Å². The topological polar surface area (TPSA) is 101 Å². The molecule has 2 aromatic rings. The average molecular weight is 419 g/mol. The van der Waals surface area contributed by atoms with Crippen molar-refractivity contribution in [3.05, 3.63) is 45.9 Å². The number of amides is 3. The first kappa shape index (κ1) is 22.5. The van der Waals surface area contributed by atoms with E-state index in [0.717, 1.165) is 16.9 Å². The summed E-state index contributed by atoms with van der Waals surface area (Å²) in [5.74, 6) is -0.561. The third-order valence-electron chi connectivity index (χ3n) is 3.96. The molecule has 0 atom stereocenters. The Morgan fingerprint density at radius 2 is 1.86 bits per heavy atom. The van der Waals surface area contributed by atoms with Crippen molar-refractivity contribution in [2.24, 2.45) is 0 Å². The molecule has 2 rings (SSSR count). The fourth-order valence-electron chi connectivity index (χ4n) is 2.51. The lowest BCUT2D eigenvalue weighted by Gasteiger charge is -2.18. The van der Waals surface area contributed by atoms with Crippen LogP contribution in [0.15, 0.2) is 29.6 Å². The number of rotatable bonds is 9. The molecule has 0 unspecified atom stereocenters. The number of ether oxygens (including phenoxy) is 1. The van der Waals surface area contributed by atoms with Crippen molar-refractivity contribution < 1.29 is 19.1 Å². The SMILES string of the molecule is CCOC(=O)NC(=O)CN(CC)Cc1csc(CC(=O)Nc2ccc(C)cc2)n1. The molecule has 1 heterocycles. The lowest BCUT2D eigenvalue weighted by molar-refractivity contribution is -0.121. The van der Waals surface area contributed by atoms with Crippen LogP contribution in [0.1, 0.15) is 30.1 Å². The second-order valence-electron chi connectivity index (χ2n) is 6.40. The second-order valence-corrected chi connectivity index (χ2v) is 7.34. The highest BCUT2D eigenvalue weighted by molar-refractivity contribution is 7.09. The number of aryl methyl sites for hydroxylation is 1. The molecule has 2 N–H and O–H groups in total. The van der Waals surface area contributed by atoms with E-state index >= 15 is 0 Å². The molecule has 0 saturated heterocycles. The Bertz CT molecular complexity index is 835. The molecule has 29 heavy (non-hydrogen) atoms. The molecular weight excluding hydrogens is 392 g/mol. The van der Waals surface area contributed by atoms with Gasteiger partial charge in [0.2, 0.25) is 11.8 Å². The molecule has 0 bridgehead atoms. The zero-order chi connectivity index (χ0) is 21.2. The van der Waals surface area contributed by atoms with Crippen LogP contribution in [0.5, 0.6) is 0 Å². The molecule has 0 aliphatic rings. The van der Waals surface area contributed by atoms with Gasteiger partial charge in [-0.1, -0.05) is 24.6 Å². The normalized spacial score (nSPS) is 10.6. The number of anilines is 1. The molecule has 0 fully saturated rings. The van der Waals surface area contributed by atoms with E-state index in [4.69, 9.17) is 4.74 Å². The fourth-order valence-corrected chi connectivity index (χ4v) is 3.30. The second kappa shape index (κ2) is 11.3. The first-order valence-electron chi connectivity index (χ1n) is 9.38. The standard InChI is InChI=1S/C20H26N4O4S/c1-4-24(12-18(26)23-20(27)28-5-2)11-16-13-29-19(22-16)10-17(25)21-15-8-6-14(3)7-9-15/h6-9,13H,4-5,10-12H2,1-3H3,(H,21,25)(H,23,26,27). The minimum atomic E-state index is -0.746. The van der Waals surface area contributed by atoms with Gasteiger partial charge in [-0.15, -0.1) is 11.3 Å². The Morgan fingerprint density at radius 1 is 1.14 bits per heavy atom. The monoisotopic (exact) mass is 418 g/mol. The van der Waals surface area contributed by atoms with E-state index in [1.54, 1.807) is 6.92 Å². The highest BCUT2D eigenvalue weighted by atomic mass is 32.1. The Morgan fingerprint density at radius 3 is 2.52 bits per heavy atom. The van der Waals surface area contributed by atoms with Gasteiger partial charge in [-0.05, 0) is 32.5 Å². The molecule has 1 aromatic carbocycles. The number of alkyl carbamates (subject to hydrolysis) is 1. The third-order valence-corrected chi connectivity index (χ3v) is 4.86. The summed E-state index contributed by atoms with van der Waals surface area (Å²) in [6.07, 6.45) is -0.558. The van der Waals surface area contributed by atoms with E-state index < -0.39 is 12.0 Å². The lowest BCUT2D eigenvalue weighted by Crippen LogP contribution is -2.40. The molecule has 0 radical (unpaired) electrons. The molecule has 0 aliphatic heterocycles. The summed E-state index contributed by atoms with van der Waals surface area (Å²) in [7, 11) is 0. The smallest absolute Gasteiger partial charge is 0.413 e. The van der Waals surface area contributed by atoms with Crippen LogP contribution < -0.4 is 10.6 Å². The maximum Gasteiger partial charge on any atom is 0.413 e. The van der Waals surface area contributed by atoms with Gasteiger partial charge in [0.15, 0.2) is 0 Å². The van der Waals surface area contributed by atoms with Gasteiger partial charge in [-0.3, -0.25) is 19.8 Å². The van der Waals surface area contributed by atoms with E-state index in [0.29, 0.717) is 18.1 Å². The van der Waals surface area contributed by atoms with Crippen LogP contribution in [0.4, 0.5) is 10.5 Å². The molecule has 0 saturated carbocycles. The van der Waals surface area contributed by atoms with Gasteiger partial charge < -0.3 is 10.1 Å². The number of likely N-dealkylation sites (N-methyl/N-ethyl adjacent to an activating group) is 1. The number of hydrogen-bond acceptors (Lipinski definition) is 7. The van der Waals surface area contributed by atoms with E-state index in [1.165, 1.54) is 11.3 Å². The molecule has 9 heteroatoms. The molecule has 8 nitrogen and oxygen atoms in total. The van der Waals surface area contributed by atoms with Gasteiger partial charge in [0, 0.05) is 17.6 Å². The number of aromatic nitrogens is 1. The number of imide groups is 1. The Labute approximate surface area is 174 Å². The molecule has 156 valence electrons. The van der Waals surface area contributed by atoms with Crippen molar-refractivity contribution in [2.75, 3.05) is 25.0 Å². The minimum Gasteiger partial charge on any atom is -0.450 e. The molecule has 1 aromatic heterocycles. The Balaban J connectivity index is 1.84. The number of hydrogen-bond donors (Lipinski definition) is 2. The van der Waals surface area contributed by atoms with E-state index in [-0.39, 0.29) is 25.5 Å². The number of benzene rings is 1. The Hall–Kier alpha value is -2.78. The van der Waals surface area contributed by atoms with Crippen LogP contribution >= 0.6 is 11.3 Å². The maximum atomic E-state index is 12.2. The van der Waals surface area contributed by atoms with E-state index in [1.807, 2.05) is 48.4 Å². The van der Waals surface area contributed by atoms with Crippen molar-refractivity contribution in [1.82, 2.24) is 15.2 Å². The van der Waals surface area contributed by atoms with Crippen LogP contribution in [0.2, 0.25) is 0 Å². The summed E-state index contributed by atoms with van der Waals surface area (Å²) in [6.45, 7) is 6.89. The van der Waals surface area contributed by atoms with Gasteiger partial charge in [0.25, 0.3) is 0 Å². The number of nitrogens with one attached hydrogen (secondary N) is 2. The zero-order valence-electron chi connectivity index (χ0n) is 16.9. The van der Waals surface area contributed by atoms with Crippen LogP contribution in [0, 0.1) is 6.92 Å². The summed E-state index contributed by atoms with van der Waals surface area (Å²) in [5, 5.41) is 7.61. The largest absolute Gasteiger partial charge is 0.450 e. The number of nitrogens with zero attached hydrogens (tertiary/aromatic N) is 2. The van der Waals surface area contributed by atoms with Gasteiger partial charge in [-0.25, -0.2) is 9.78 Å². The van der Waals surface area contributed by atoms with Crippen molar-refractivity contribution >= 4 is 34.9 Å². The first-order valence-corrected chi connectivity index (χ1v) is 10.3. The Kier molecular flexibility index (Phi) is 8.75. The quantitative estimate of drug-likeness (QED) is 0.649. The predicted octanol–water partition coefficient (Wildman–Crippen LogP) is 2.73. The van der Waals surface area contributed by atoms with Crippen LogP contribution in [-0.4, -0.2) is 47.5 Å². The zero-order valence-corrected chi connectivity index (χ0v) is 17.7. The summed E-state index contributed by atoms with van der Waals surface area (Å²) in [5.41, 5.74) is 2.66. The van der Waals surface area contributed by atoms with E-state index in [2.05, 4.69) is 15.6 Å². The highest BCUT2D eigenvalue weighted by Gasteiger charge is 2.15. The maximum absolute atomic E-state index is 12.2. The third kappa shape index (κ3) is 8.00. The molecular formula is C20H26N4O4S. The van der Waals surface area contributed by atoms with Gasteiger partial charge in [0.05, 0.1) is 25.3 Å². The minimum absolute atomic E-state index is 0.0517.